The standard InChI is InChI=1S/C24H23F2N3O3/c1-4-32-24(31)23(27-21(30)14-7-17-5-8-18(25)9-6-17)22-15(2)28-29(16(22)3)20-12-10-19(26)11-13-20/h5-14,23H,4H2,1-3H3,(H,27,30)/b14-7-/t23-/m0/s1. The number of carbonyl (C=O) groups is 2. The first-order chi connectivity index (χ1) is 15.3. The minimum atomic E-state index is -1.09. The highest BCUT2D eigenvalue weighted by molar-refractivity contribution is 5.95. The lowest BCUT2D eigenvalue weighted by Crippen LogP contribution is -2.34. The topological polar surface area (TPSA) is 73.2 Å². The number of ether oxygens (including phenoxy) is 1. The molecule has 0 saturated carbocycles. The summed E-state index contributed by atoms with van der Waals surface area (Å²) in [5, 5.41) is 7.13. The molecule has 0 unspecified atom stereocenters. The molecule has 0 aliphatic heterocycles. The van der Waals surface area contributed by atoms with Gasteiger partial charge in [-0.3, -0.25) is 4.79 Å². The van der Waals surface area contributed by atoms with Gasteiger partial charge in [-0.05, 0) is 68.8 Å². The molecule has 32 heavy (non-hydrogen) atoms. The molecule has 1 atom stereocenters. The Bertz CT molecular complexity index is 1140. The highest BCUT2D eigenvalue weighted by atomic mass is 19.1. The smallest absolute Gasteiger partial charge is 0.333 e. The minimum Gasteiger partial charge on any atom is -0.464 e. The lowest BCUT2D eigenvalue weighted by atomic mass is 10.0. The molecule has 3 rings (SSSR count). The Morgan fingerprint density at radius 1 is 1.06 bits per heavy atom. The van der Waals surface area contributed by atoms with Crippen molar-refractivity contribution in [2.24, 2.45) is 0 Å². The van der Waals surface area contributed by atoms with E-state index in [4.69, 9.17) is 4.74 Å². The summed E-state index contributed by atoms with van der Waals surface area (Å²) in [5.41, 5.74) is 2.87. The van der Waals surface area contributed by atoms with E-state index in [0.29, 0.717) is 28.2 Å². The van der Waals surface area contributed by atoms with Crippen molar-refractivity contribution in [1.29, 1.82) is 0 Å². The van der Waals surface area contributed by atoms with Crippen LogP contribution in [0.3, 0.4) is 0 Å². The summed E-state index contributed by atoms with van der Waals surface area (Å²) >= 11 is 0. The number of nitrogens with zero attached hydrogens (tertiary/aromatic N) is 2. The van der Waals surface area contributed by atoms with Crippen LogP contribution < -0.4 is 5.32 Å². The molecule has 1 heterocycles. The molecule has 0 aliphatic rings. The second-order valence-electron chi connectivity index (χ2n) is 7.05. The molecule has 0 radical (unpaired) electrons. The first-order valence-corrected chi connectivity index (χ1v) is 10.0. The van der Waals surface area contributed by atoms with Crippen LogP contribution in [0.15, 0.2) is 54.6 Å². The van der Waals surface area contributed by atoms with Gasteiger partial charge in [0.25, 0.3) is 0 Å². The monoisotopic (exact) mass is 439 g/mol. The number of hydrogen-bond donors (Lipinski definition) is 1. The van der Waals surface area contributed by atoms with E-state index in [1.165, 1.54) is 48.6 Å². The molecule has 0 saturated heterocycles. The fourth-order valence-corrected chi connectivity index (χ4v) is 3.32. The lowest BCUT2D eigenvalue weighted by molar-refractivity contribution is -0.147. The molecule has 0 bridgehead atoms. The molecular weight excluding hydrogens is 416 g/mol. The zero-order valence-corrected chi connectivity index (χ0v) is 17.9. The van der Waals surface area contributed by atoms with Crippen LogP contribution in [-0.2, 0) is 14.3 Å². The Morgan fingerprint density at radius 2 is 1.66 bits per heavy atom. The zero-order chi connectivity index (χ0) is 23.3. The van der Waals surface area contributed by atoms with Gasteiger partial charge in [-0.2, -0.15) is 5.10 Å². The zero-order valence-electron chi connectivity index (χ0n) is 17.9. The van der Waals surface area contributed by atoms with Crippen molar-refractivity contribution in [2.75, 3.05) is 6.61 Å². The van der Waals surface area contributed by atoms with E-state index >= 15 is 0 Å². The van der Waals surface area contributed by atoms with Crippen LogP contribution in [-0.4, -0.2) is 28.3 Å². The number of hydrogen-bond acceptors (Lipinski definition) is 4. The van der Waals surface area contributed by atoms with Gasteiger partial charge >= 0.3 is 5.97 Å². The van der Waals surface area contributed by atoms with Crippen molar-refractivity contribution in [3.8, 4) is 5.69 Å². The predicted molar refractivity (Wildman–Crippen MR) is 116 cm³/mol. The van der Waals surface area contributed by atoms with Crippen LogP contribution in [0.1, 0.15) is 35.5 Å². The maximum Gasteiger partial charge on any atom is 0.333 e. The van der Waals surface area contributed by atoms with Gasteiger partial charge in [0, 0.05) is 17.3 Å². The van der Waals surface area contributed by atoms with Gasteiger partial charge in [-0.15, -0.1) is 0 Å². The van der Waals surface area contributed by atoms with Gasteiger partial charge in [0.1, 0.15) is 11.6 Å². The van der Waals surface area contributed by atoms with Crippen LogP contribution in [0.2, 0.25) is 0 Å². The molecular formula is C24H23F2N3O3. The SMILES string of the molecule is CCOC(=O)[C@@H](NC(=O)/C=C\c1ccc(F)cc1)c1c(C)nn(-c2ccc(F)cc2)c1C. The fraction of sp³-hybridized carbons (Fsp3) is 0.208. The average Bonchev–Trinajstić information content (AvgIpc) is 3.06. The molecule has 8 heteroatoms. The number of aromatic nitrogens is 2. The van der Waals surface area contributed by atoms with Crippen LogP contribution >= 0.6 is 0 Å². The van der Waals surface area contributed by atoms with Gasteiger partial charge in [0.2, 0.25) is 5.91 Å². The van der Waals surface area contributed by atoms with Gasteiger partial charge in [0.15, 0.2) is 6.04 Å². The number of benzene rings is 2. The Morgan fingerprint density at radius 3 is 2.25 bits per heavy atom. The Balaban J connectivity index is 1.90. The van der Waals surface area contributed by atoms with Gasteiger partial charge in [0.05, 0.1) is 18.0 Å². The van der Waals surface area contributed by atoms with Crippen molar-refractivity contribution in [2.45, 2.75) is 26.8 Å². The molecule has 3 aromatic rings. The summed E-state index contributed by atoms with van der Waals surface area (Å²) in [6.45, 7) is 5.29. The highest BCUT2D eigenvalue weighted by Crippen LogP contribution is 2.25. The van der Waals surface area contributed by atoms with Gasteiger partial charge in [-0.1, -0.05) is 12.1 Å². The van der Waals surface area contributed by atoms with E-state index in [1.54, 1.807) is 37.6 Å². The summed E-state index contributed by atoms with van der Waals surface area (Å²) < 4.78 is 33.1. The summed E-state index contributed by atoms with van der Waals surface area (Å²) in [6.07, 6.45) is 2.77. The van der Waals surface area contributed by atoms with E-state index in [9.17, 15) is 18.4 Å². The van der Waals surface area contributed by atoms with Crippen LogP contribution in [0.5, 0.6) is 0 Å². The van der Waals surface area contributed by atoms with Gasteiger partial charge < -0.3 is 10.1 Å². The van der Waals surface area contributed by atoms with Crippen molar-refractivity contribution in [1.82, 2.24) is 15.1 Å². The number of carbonyl (C=O) groups excluding carboxylic acids is 2. The third-order valence-electron chi connectivity index (χ3n) is 4.81. The first kappa shape index (κ1) is 22.9. The predicted octanol–water partition coefficient (Wildman–Crippen LogP) is 4.20. The third kappa shape index (κ3) is 5.26. The number of esters is 1. The summed E-state index contributed by atoms with van der Waals surface area (Å²) in [4.78, 5) is 25.3. The van der Waals surface area contributed by atoms with Crippen molar-refractivity contribution < 1.29 is 23.1 Å². The highest BCUT2D eigenvalue weighted by Gasteiger charge is 2.30. The van der Waals surface area contributed by atoms with Crippen LogP contribution in [0.25, 0.3) is 11.8 Å². The van der Waals surface area contributed by atoms with Crippen LogP contribution in [0.4, 0.5) is 8.78 Å². The quantitative estimate of drug-likeness (QED) is 0.442. The first-order valence-electron chi connectivity index (χ1n) is 10.0. The number of aryl methyl sites for hydroxylation is 1. The molecule has 1 aromatic heterocycles. The number of nitrogens with one attached hydrogen (secondary N) is 1. The maximum absolute atomic E-state index is 13.3. The number of amides is 1. The van der Waals surface area contributed by atoms with Gasteiger partial charge in [-0.25, -0.2) is 18.3 Å². The van der Waals surface area contributed by atoms with E-state index in [1.807, 2.05) is 0 Å². The normalized spacial score (nSPS) is 12.0. The molecule has 0 fully saturated rings. The molecule has 6 nitrogen and oxygen atoms in total. The van der Waals surface area contributed by atoms with Crippen LogP contribution in [0, 0.1) is 25.5 Å². The Kier molecular flexibility index (Phi) is 7.14. The lowest BCUT2D eigenvalue weighted by Gasteiger charge is -2.17. The van der Waals surface area contributed by atoms with E-state index < -0.39 is 17.9 Å². The van der Waals surface area contributed by atoms with Crippen molar-refractivity contribution in [3.05, 3.63) is 88.8 Å². The maximum atomic E-state index is 13.3. The Labute approximate surface area is 184 Å². The van der Waals surface area contributed by atoms with E-state index in [0.717, 1.165) is 0 Å². The number of halogens is 2. The van der Waals surface area contributed by atoms with Crippen molar-refractivity contribution in [3.63, 3.8) is 0 Å². The second kappa shape index (κ2) is 10.00. The van der Waals surface area contributed by atoms with E-state index in [-0.39, 0.29) is 18.2 Å². The Hall–Kier alpha value is -3.81. The molecule has 1 amide bonds. The largest absolute Gasteiger partial charge is 0.464 e. The second-order valence-corrected chi connectivity index (χ2v) is 7.05. The molecule has 1 N–H and O–H groups in total. The summed E-state index contributed by atoms with van der Waals surface area (Å²) in [7, 11) is 0. The summed E-state index contributed by atoms with van der Waals surface area (Å²) in [5.74, 6) is -1.90. The van der Waals surface area contributed by atoms with E-state index in [2.05, 4.69) is 10.4 Å². The van der Waals surface area contributed by atoms with Crippen molar-refractivity contribution >= 4 is 18.0 Å². The third-order valence-corrected chi connectivity index (χ3v) is 4.81. The fourth-order valence-electron chi connectivity index (χ4n) is 3.32. The molecule has 0 aliphatic carbocycles. The average molecular weight is 439 g/mol. The molecule has 166 valence electrons. The minimum absolute atomic E-state index is 0.140. The molecule has 0 spiro atoms. The molecule has 2 aromatic carbocycles. The summed E-state index contributed by atoms with van der Waals surface area (Å²) in [6, 6.07) is 10.3. The number of rotatable bonds is 7.